The molecule has 0 unspecified atom stereocenters. The van der Waals surface area contributed by atoms with Gasteiger partial charge >= 0.3 is 5.88 Å². The maximum Gasteiger partial charge on any atom is 0.304 e. The minimum Gasteiger partial charge on any atom is -0.618 e. The molecule has 0 amide bonds. The Balaban J connectivity index is 0.000000298. The van der Waals surface area contributed by atoms with Gasteiger partial charge < -0.3 is 19.9 Å². The van der Waals surface area contributed by atoms with Crippen molar-refractivity contribution in [2.75, 3.05) is 34.3 Å². The normalized spacial score (nSPS) is 11.5. The maximum absolute atomic E-state index is 12.3. The van der Waals surface area contributed by atoms with E-state index in [1.807, 2.05) is 0 Å². The number of hydrogen-bond acceptors (Lipinski definition) is 5. The van der Waals surface area contributed by atoms with Crippen molar-refractivity contribution in [1.29, 1.82) is 0 Å². The molecule has 0 fully saturated rings. The van der Waals surface area contributed by atoms with Gasteiger partial charge in [0.15, 0.2) is 0 Å². The highest BCUT2D eigenvalue weighted by Crippen LogP contribution is 2.30. The largest absolute Gasteiger partial charge is 0.618 e. The maximum atomic E-state index is 12.3. The molecule has 0 aliphatic heterocycles. The van der Waals surface area contributed by atoms with Crippen LogP contribution >= 0.6 is 27.5 Å². The zero-order valence-corrected chi connectivity index (χ0v) is 16.8. The number of pyridine rings is 1. The molecule has 0 saturated heterocycles. The van der Waals surface area contributed by atoms with Gasteiger partial charge in [0, 0.05) is 4.47 Å². The fraction of sp³-hybridized carbons (Fsp3) is 0.312. The number of halogens is 2. The molecular formula is C16H19BrClN4O4+. The molecule has 26 heavy (non-hydrogen) atoms. The zero-order chi connectivity index (χ0) is 19.6. The van der Waals surface area contributed by atoms with Crippen LogP contribution in [0.1, 0.15) is 0 Å². The summed E-state index contributed by atoms with van der Waals surface area (Å²) < 4.78 is 1.80. The zero-order valence-electron chi connectivity index (χ0n) is 14.5. The number of hydrogen-bond donors (Lipinski definition) is 3. The Morgan fingerprint density at radius 1 is 1.35 bits per heavy atom. The number of rotatable bonds is 2. The summed E-state index contributed by atoms with van der Waals surface area (Å²) in [6, 6.07) is 4.80. The molecule has 2 aromatic heterocycles. The Morgan fingerprint density at radius 2 is 2.00 bits per heavy atom. The van der Waals surface area contributed by atoms with Gasteiger partial charge in [-0.25, -0.2) is 5.10 Å². The molecule has 0 spiro atoms. The predicted octanol–water partition coefficient (Wildman–Crippen LogP) is 1.52. The van der Waals surface area contributed by atoms with Crippen molar-refractivity contribution in [3.8, 4) is 5.88 Å². The van der Waals surface area contributed by atoms with E-state index in [1.54, 1.807) is 12.1 Å². The van der Waals surface area contributed by atoms with Gasteiger partial charge in [-0.1, -0.05) is 11.6 Å². The fourth-order valence-corrected chi connectivity index (χ4v) is 2.79. The summed E-state index contributed by atoms with van der Waals surface area (Å²) >= 11 is 9.29. The van der Waals surface area contributed by atoms with Crippen molar-refractivity contribution < 1.29 is 19.4 Å². The van der Waals surface area contributed by atoms with Crippen LogP contribution in [0.2, 0.25) is 5.02 Å². The number of H-pyrrole nitrogens is 1. The van der Waals surface area contributed by atoms with Crippen LogP contribution < -0.4 is 10.3 Å². The topological polar surface area (TPSA) is 113 Å². The van der Waals surface area contributed by atoms with E-state index < -0.39 is 11.4 Å². The number of nitrogens with one attached hydrogen (secondary N) is 1. The molecule has 10 heteroatoms. The van der Waals surface area contributed by atoms with Crippen molar-refractivity contribution in [2.24, 2.45) is 0 Å². The Bertz CT molecular complexity index is 1020. The number of aromatic amines is 1. The molecule has 3 rings (SSSR count). The van der Waals surface area contributed by atoms with Crippen LogP contribution in [0, 0.1) is 5.21 Å². The van der Waals surface area contributed by atoms with E-state index >= 15 is 0 Å². The van der Waals surface area contributed by atoms with Crippen LogP contribution in [0.4, 0.5) is 0 Å². The quantitative estimate of drug-likeness (QED) is 0.239. The summed E-state index contributed by atoms with van der Waals surface area (Å²) in [6.45, 7) is 1.11. The van der Waals surface area contributed by atoms with E-state index in [2.05, 4.69) is 47.3 Å². The molecule has 0 radical (unpaired) electrons. The highest BCUT2D eigenvalue weighted by Gasteiger charge is 2.21. The van der Waals surface area contributed by atoms with Gasteiger partial charge in [0.2, 0.25) is 5.52 Å². The van der Waals surface area contributed by atoms with Gasteiger partial charge in [-0.05, 0) is 34.1 Å². The molecule has 140 valence electrons. The number of aliphatic hydroxyl groups excluding tert-OH is 1. The molecule has 2 heterocycles. The lowest BCUT2D eigenvalue weighted by Gasteiger charge is -2.21. The summed E-state index contributed by atoms with van der Waals surface area (Å²) in [7, 11) is 6.16. The molecule has 8 nitrogen and oxygen atoms in total. The van der Waals surface area contributed by atoms with Gasteiger partial charge in [0.1, 0.15) is 17.0 Å². The van der Waals surface area contributed by atoms with Gasteiger partial charge in [-0.3, -0.25) is 4.79 Å². The SMILES string of the molecule is C[N+](C)(C)CCO.O=c1[nH]nc(O)c2c1cc1ccc(Br)c(Cl)c1[n+]2[O-]. The smallest absolute Gasteiger partial charge is 0.304 e. The van der Waals surface area contributed by atoms with Crippen molar-refractivity contribution in [3.63, 3.8) is 0 Å². The number of aromatic hydroxyl groups is 1. The third-order valence-corrected chi connectivity index (χ3v) is 4.82. The minimum absolute atomic E-state index is 0.0494. The standard InChI is InChI=1S/C11H5BrClN3O3.C5H14NO/c12-6-2-1-4-3-5-9(11(18)15-14-10(5)17)16(19)8(4)7(6)13;1-6(2,3)4-5-7/h1-3H,(H,14,17)(H,15,18);7H,4-5H2,1-3H3/q;+1. The number of quaternary nitrogens is 1. The van der Waals surface area contributed by atoms with Crippen molar-refractivity contribution in [2.45, 2.75) is 0 Å². The van der Waals surface area contributed by atoms with Crippen LogP contribution in [-0.2, 0) is 0 Å². The lowest BCUT2D eigenvalue weighted by atomic mass is 10.1. The van der Waals surface area contributed by atoms with E-state index in [1.165, 1.54) is 6.07 Å². The number of aliphatic hydroxyl groups is 1. The number of nitrogens with zero attached hydrogens (tertiary/aromatic N) is 3. The Hall–Kier alpha value is -1.94. The second-order valence-electron chi connectivity index (χ2n) is 6.61. The molecule has 3 aromatic rings. The van der Waals surface area contributed by atoms with Crippen LogP contribution in [0.5, 0.6) is 5.88 Å². The lowest BCUT2D eigenvalue weighted by molar-refractivity contribution is -0.870. The number of likely N-dealkylation sites (N-methyl/N-ethyl adjacent to an activating group) is 1. The van der Waals surface area contributed by atoms with E-state index in [0.29, 0.717) is 14.6 Å². The first-order chi connectivity index (χ1) is 12.1. The third-order valence-electron chi connectivity index (χ3n) is 3.55. The second kappa shape index (κ2) is 7.75. The number of fused-ring (bicyclic) bond motifs is 2. The van der Waals surface area contributed by atoms with Crippen LogP contribution in [0.25, 0.3) is 21.8 Å². The van der Waals surface area contributed by atoms with E-state index in [0.717, 1.165) is 11.0 Å². The molecular weight excluding hydrogens is 428 g/mol. The monoisotopic (exact) mass is 445 g/mol. The summed E-state index contributed by atoms with van der Waals surface area (Å²) in [5.74, 6) is -0.553. The van der Waals surface area contributed by atoms with Gasteiger partial charge in [-0.15, -0.1) is 5.10 Å². The average molecular weight is 447 g/mol. The highest BCUT2D eigenvalue weighted by molar-refractivity contribution is 9.10. The molecule has 0 aliphatic rings. The fourth-order valence-electron chi connectivity index (χ4n) is 2.22. The molecule has 0 aliphatic carbocycles. The summed E-state index contributed by atoms with van der Waals surface area (Å²) in [5, 5.41) is 36.5. The lowest BCUT2D eigenvalue weighted by Crippen LogP contribution is -2.36. The van der Waals surface area contributed by atoms with Crippen molar-refractivity contribution >= 4 is 49.3 Å². The Morgan fingerprint density at radius 3 is 2.54 bits per heavy atom. The van der Waals surface area contributed by atoms with Crippen LogP contribution in [0.15, 0.2) is 27.5 Å². The van der Waals surface area contributed by atoms with Crippen molar-refractivity contribution in [1.82, 2.24) is 10.2 Å². The van der Waals surface area contributed by atoms with Crippen molar-refractivity contribution in [3.05, 3.63) is 43.3 Å². The second-order valence-corrected chi connectivity index (χ2v) is 7.85. The van der Waals surface area contributed by atoms with Gasteiger partial charge in [-0.2, -0.15) is 4.73 Å². The number of aromatic nitrogens is 3. The summed E-state index contributed by atoms with van der Waals surface area (Å²) in [4.78, 5) is 11.7. The van der Waals surface area contributed by atoms with E-state index in [4.69, 9.17) is 16.7 Å². The van der Waals surface area contributed by atoms with Crippen LogP contribution in [0.3, 0.4) is 0 Å². The van der Waals surface area contributed by atoms with Gasteiger partial charge in [0.25, 0.3) is 11.1 Å². The van der Waals surface area contributed by atoms with Crippen LogP contribution in [-0.4, -0.2) is 59.2 Å². The predicted molar refractivity (Wildman–Crippen MR) is 103 cm³/mol. The van der Waals surface area contributed by atoms with E-state index in [-0.39, 0.29) is 28.0 Å². The summed E-state index contributed by atoms with van der Waals surface area (Å²) in [5.41, 5.74) is -0.610. The molecule has 0 saturated carbocycles. The molecule has 0 bridgehead atoms. The van der Waals surface area contributed by atoms with E-state index in [9.17, 15) is 15.1 Å². The first-order valence-corrected chi connectivity index (χ1v) is 8.77. The minimum atomic E-state index is -0.557. The molecule has 0 atom stereocenters. The Labute approximate surface area is 162 Å². The third kappa shape index (κ3) is 4.24. The highest BCUT2D eigenvalue weighted by atomic mass is 79.9. The molecule has 3 N–H and O–H groups in total. The average Bonchev–Trinajstić information content (AvgIpc) is 2.54. The van der Waals surface area contributed by atoms with Gasteiger partial charge in [0.05, 0.1) is 33.1 Å². The Kier molecular flexibility index (Phi) is 6.07. The first kappa shape index (κ1) is 20.4. The summed E-state index contributed by atoms with van der Waals surface area (Å²) in [6.07, 6.45) is 0. The molecule has 1 aromatic carbocycles. The first-order valence-electron chi connectivity index (χ1n) is 7.59. The number of benzene rings is 1.